The molecule has 0 unspecified atom stereocenters. The van der Waals surface area contributed by atoms with Crippen molar-refractivity contribution in [2.45, 2.75) is 337 Å². The van der Waals surface area contributed by atoms with Crippen molar-refractivity contribution in [2.24, 2.45) is 10.8 Å². The first-order chi connectivity index (χ1) is 39.2. The summed E-state index contributed by atoms with van der Waals surface area (Å²) >= 11 is 0. The van der Waals surface area contributed by atoms with Gasteiger partial charge in [-0.3, -0.25) is 24.0 Å². The highest BCUT2D eigenvalue weighted by molar-refractivity contribution is 6.72. The number of allylic oxidation sites excluding steroid dienone is 4. The molecule has 0 bridgehead atoms. The van der Waals surface area contributed by atoms with E-state index in [-0.39, 0.29) is 48.4 Å². The van der Waals surface area contributed by atoms with Gasteiger partial charge in [0.25, 0.3) is 0 Å². The molecule has 5 amide bonds. The summed E-state index contributed by atoms with van der Waals surface area (Å²) in [5.41, 5.74) is -2.11. The quantitative estimate of drug-likeness (QED) is 0.0230. The maximum atomic E-state index is 13.5. The fourth-order valence-corrected chi connectivity index (χ4v) is 10.1. The molecule has 13 heteroatoms. The minimum Gasteiger partial charge on any atom is -0.380 e. The zero-order valence-corrected chi connectivity index (χ0v) is 55.4. The van der Waals surface area contributed by atoms with Gasteiger partial charge in [0, 0.05) is 56.3 Å². The highest BCUT2D eigenvalue weighted by atomic mass is 16.5. The van der Waals surface area contributed by atoms with Crippen LogP contribution < -0.4 is 26.6 Å². The first-order valence-corrected chi connectivity index (χ1v) is 33.9. The van der Waals surface area contributed by atoms with Crippen molar-refractivity contribution < 1.29 is 33.4 Å². The molecule has 0 aromatic carbocycles. The largest absolute Gasteiger partial charge is 0.380 e. The van der Waals surface area contributed by atoms with E-state index in [1.807, 2.05) is 41.5 Å². The van der Waals surface area contributed by atoms with Crippen molar-refractivity contribution in [2.75, 3.05) is 39.4 Å². The number of amides is 5. The Hall–Kier alpha value is -3.19. The van der Waals surface area contributed by atoms with Crippen LogP contribution in [0.5, 0.6) is 0 Å². The number of nitrogens with one attached hydrogen (secondary N) is 5. The molecule has 0 aliphatic heterocycles. The van der Waals surface area contributed by atoms with Crippen LogP contribution in [0.15, 0.2) is 24.3 Å². The molecule has 1 atom stereocenters. The summed E-state index contributed by atoms with van der Waals surface area (Å²) in [7, 11) is 1.36. The third-order valence-electron chi connectivity index (χ3n) is 15.4. The Bertz CT molecular complexity index is 1670. The molecule has 0 aliphatic carbocycles. The van der Waals surface area contributed by atoms with Crippen LogP contribution in [0.2, 0.25) is 6.82 Å². The molecule has 0 rings (SSSR count). The zero-order valence-electron chi connectivity index (χ0n) is 55.4. The number of carbonyl (C=O) groups excluding carboxylic acids is 5. The van der Waals surface area contributed by atoms with Crippen molar-refractivity contribution in [3.63, 3.8) is 0 Å². The first kappa shape index (κ1) is 78.8. The van der Waals surface area contributed by atoms with E-state index in [1.165, 1.54) is 200 Å². The minimum atomic E-state index is -0.908. The van der Waals surface area contributed by atoms with Gasteiger partial charge in [0.2, 0.25) is 30.9 Å². The van der Waals surface area contributed by atoms with Crippen LogP contribution in [-0.4, -0.2) is 93.4 Å². The van der Waals surface area contributed by atoms with Crippen LogP contribution in [0.4, 0.5) is 4.79 Å². The Morgan fingerprint density at radius 3 is 1.06 bits per heavy atom. The summed E-state index contributed by atoms with van der Waals surface area (Å²) in [5.74, 6) is -0.918. The molecular weight excluding hydrogens is 1020 g/mol. The average molecular weight is 1150 g/mol. The average Bonchev–Trinajstić information content (AvgIpc) is 3.47. The smallest absolute Gasteiger partial charge is 0.242 e. The summed E-state index contributed by atoms with van der Waals surface area (Å²) in [6, 6.07) is -0.908. The van der Waals surface area contributed by atoms with Gasteiger partial charge in [-0.1, -0.05) is 227 Å². The topological polar surface area (TPSA) is 164 Å². The number of rotatable bonds is 58. The molecule has 0 saturated heterocycles. The van der Waals surface area contributed by atoms with E-state index in [1.54, 1.807) is 6.82 Å². The number of unbranched alkanes of at least 4 members (excludes halogenated alkanes) is 30. The summed E-state index contributed by atoms with van der Waals surface area (Å²) in [6.45, 7) is 24.2. The molecule has 0 aromatic heterocycles. The van der Waals surface area contributed by atoms with Gasteiger partial charge >= 0.3 is 0 Å². The number of carbonyl (C=O) groups is 5. The molecule has 0 aromatic rings. The van der Waals surface area contributed by atoms with Gasteiger partial charge in [-0.25, -0.2) is 0 Å². The second-order valence-corrected chi connectivity index (χ2v) is 26.9. The van der Waals surface area contributed by atoms with E-state index < -0.39 is 28.5 Å². The Morgan fingerprint density at radius 1 is 0.402 bits per heavy atom. The van der Waals surface area contributed by atoms with Crippen LogP contribution >= 0.6 is 0 Å². The third-order valence-corrected chi connectivity index (χ3v) is 15.4. The van der Waals surface area contributed by atoms with Crippen LogP contribution in [0.25, 0.3) is 0 Å². The van der Waals surface area contributed by atoms with Crippen molar-refractivity contribution in [3.05, 3.63) is 24.3 Å². The lowest BCUT2D eigenvalue weighted by Gasteiger charge is -2.36. The SMILES string of the molecule is C[B]C(=O)N[C@@H](CCC(=O)NCC(C)(C)OC(C)(C)CNC(=O)CCCCCCCCCCC/C=C\CCCCCCCC)C(=O)NCC(C)(C)COCC(C)(C)CNC(=O)CCCCCCCCCCC/C=C\CCCCCCCC. The molecule has 0 fully saturated rings. The molecule has 0 spiro atoms. The van der Waals surface area contributed by atoms with Gasteiger partial charge < -0.3 is 36.1 Å². The predicted octanol–water partition coefficient (Wildman–Crippen LogP) is 16.9. The van der Waals surface area contributed by atoms with E-state index in [2.05, 4.69) is 78.6 Å². The van der Waals surface area contributed by atoms with E-state index in [0.29, 0.717) is 45.7 Å². The minimum absolute atomic E-state index is 0.0192. The van der Waals surface area contributed by atoms with E-state index in [9.17, 15) is 24.0 Å². The van der Waals surface area contributed by atoms with Crippen molar-refractivity contribution in [1.29, 1.82) is 0 Å². The van der Waals surface area contributed by atoms with Crippen molar-refractivity contribution in [1.82, 2.24) is 26.6 Å². The molecule has 1 radical (unpaired) electrons. The maximum Gasteiger partial charge on any atom is 0.242 e. The standard InChI is InChI=1S/C69H131BN5O7/c1-12-14-16-18-20-22-24-26-28-30-32-34-36-38-40-42-44-46-48-50-61(76)71-54-66(3,4)58-81-59-67(5,6)55-74-64(79)60(75-65(80)70-11)52-53-63(78)73-57-69(9,10)82-68(7,8)56-72-62(77)51-49-47-45-43-41-39-37-35-33-31-29-27-25-23-21-19-17-15-13-2/h26-29,60H,12-25,30-59H2,1-11H3,(H,71,76)(H,72,77)(H,73,78)(H,74,79)(H,75,80)/b28-26-,29-27-/t60-/m0/s1. The van der Waals surface area contributed by atoms with Crippen molar-refractivity contribution >= 4 is 36.7 Å². The van der Waals surface area contributed by atoms with Gasteiger partial charge in [-0.15, -0.1) is 0 Å². The van der Waals surface area contributed by atoms with Crippen LogP contribution in [-0.2, 0) is 28.7 Å². The lowest BCUT2D eigenvalue weighted by molar-refractivity contribution is -0.135. The Balaban J connectivity index is 4.36. The molecule has 12 nitrogen and oxygen atoms in total. The lowest BCUT2D eigenvalue weighted by atomic mass is 9.81. The second-order valence-electron chi connectivity index (χ2n) is 26.9. The third kappa shape index (κ3) is 52.4. The molecule has 0 aliphatic rings. The van der Waals surface area contributed by atoms with Gasteiger partial charge in [0.1, 0.15) is 6.04 Å². The normalized spacial score (nSPS) is 12.7. The maximum absolute atomic E-state index is 13.5. The Labute approximate surface area is 506 Å². The summed E-state index contributed by atoms with van der Waals surface area (Å²) in [6.07, 6.45) is 53.9. The fraction of sp³-hybridized carbons (Fsp3) is 0.870. The number of ether oxygens (including phenoxy) is 2. The van der Waals surface area contributed by atoms with E-state index in [0.717, 1.165) is 25.7 Å². The Morgan fingerprint density at radius 2 is 0.707 bits per heavy atom. The van der Waals surface area contributed by atoms with Gasteiger partial charge in [0.15, 0.2) is 5.81 Å². The second kappa shape index (κ2) is 51.1. The summed E-state index contributed by atoms with van der Waals surface area (Å²) < 4.78 is 12.5. The zero-order chi connectivity index (χ0) is 61.1. The summed E-state index contributed by atoms with van der Waals surface area (Å²) in [5, 5.41) is 14.8. The highest BCUT2D eigenvalue weighted by Gasteiger charge is 2.31. The van der Waals surface area contributed by atoms with Crippen LogP contribution in [0.1, 0.15) is 313 Å². The summed E-state index contributed by atoms with van der Waals surface area (Å²) in [4.78, 5) is 64.4. The Kier molecular flexibility index (Phi) is 49.1. The van der Waals surface area contributed by atoms with Gasteiger partial charge in [-0.2, -0.15) is 0 Å². The molecular formula is C69H131BN5O7. The van der Waals surface area contributed by atoms with Gasteiger partial charge in [0.05, 0.1) is 24.4 Å². The van der Waals surface area contributed by atoms with E-state index in [4.69, 9.17) is 9.47 Å². The van der Waals surface area contributed by atoms with Crippen molar-refractivity contribution in [3.8, 4) is 0 Å². The lowest BCUT2D eigenvalue weighted by Crippen LogP contribution is -2.51. The van der Waals surface area contributed by atoms with Crippen LogP contribution in [0, 0.1) is 10.8 Å². The predicted molar refractivity (Wildman–Crippen MR) is 349 cm³/mol. The molecule has 5 N–H and O–H groups in total. The van der Waals surface area contributed by atoms with Gasteiger partial charge in [-0.05, 0) is 98.3 Å². The molecule has 0 heterocycles. The highest BCUT2D eigenvalue weighted by Crippen LogP contribution is 2.22. The molecule has 477 valence electrons. The monoisotopic (exact) mass is 1150 g/mol. The molecule has 0 saturated carbocycles. The first-order valence-electron chi connectivity index (χ1n) is 33.9. The number of hydrogen-bond donors (Lipinski definition) is 5. The van der Waals surface area contributed by atoms with Crippen LogP contribution in [0.3, 0.4) is 0 Å². The van der Waals surface area contributed by atoms with E-state index >= 15 is 0 Å². The fourth-order valence-electron chi connectivity index (χ4n) is 10.1. The molecule has 82 heavy (non-hydrogen) atoms. The number of hydrogen-bond acceptors (Lipinski definition) is 7.